The van der Waals surface area contributed by atoms with E-state index in [0.717, 1.165) is 53.1 Å². The van der Waals surface area contributed by atoms with Gasteiger partial charge >= 0.3 is 0 Å². The lowest BCUT2D eigenvalue weighted by Crippen LogP contribution is -2.07. The zero-order valence-corrected chi connectivity index (χ0v) is 17.5. The molecule has 6 rings (SSSR count). The second-order valence-electron chi connectivity index (χ2n) is 8.29. The average molecular weight is 410 g/mol. The molecule has 4 aromatic heterocycles. The van der Waals surface area contributed by atoms with Crippen LogP contribution in [0.25, 0.3) is 16.7 Å². The zero-order chi connectivity index (χ0) is 20.9. The van der Waals surface area contributed by atoms with Crippen LogP contribution in [0, 0.1) is 13.8 Å². The van der Waals surface area contributed by atoms with Crippen molar-refractivity contribution in [3.8, 4) is 0 Å². The molecular formula is C24H22N6O. The lowest BCUT2D eigenvalue weighted by molar-refractivity contribution is 0.369. The smallest absolute Gasteiger partial charge is 0.226 e. The Morgan fingerprint density at radius 2 is 1.81 bits per heavy atom. The number of pyridine rings is 1. The molecule has 1 aliphatic rings. The van der Waals surface area contributed by atoms with Crippen LogP contribution in [0.1, 0.15) is 45.7 Å². The maximum absolute atomic E-state index is 5.60. The van der Waals surface area contributed by atoms with Crippen molar-refractivity contribution in [2.45, 2.75) is 45.4 Å². The minimum atomic E-state index is 0.306. The Kier molecular flexibility index (Phi) is 4.09. The van der Waals surface area contributed by atoms with Crippen LogP contribution in [0.4, 0.5) is 0 Å². The number of aromatic nitrogens is 6. The highest BCUT2D eigenvalue weighted by atomic mass is 16.5. The van der Waals surface area contributed by atoms with E-state index < -0.39 is 0 Å². The van der Waals surface area contributed by atoms with E-state index >= 15 is 0 Å². The maximum atomic E-state index is 5.60. The van der Waals surface area contributed by atoms with Gasteiger partial charge in [-0.3, -0.25) is 0 Å². The monoisotopic (exact) mass is 410 g/mol. The molecule has 0 amide bonds. The molecule has 0 saturated heterocycles. The van der Waals surface area contributed by atoms with Crippen LogP contribution < -0.4 is 0 Å². The molecule has 1 aromatic carbocycles. The predicted octanol–water partition coefficient (Wildman–Crippen LogP) is 3.94. The predicted molar refractivity (Wildman–Crippen MR) is 116 cm³/mol. The van der Waals surface area contributed by atoms with Crippen molar-refractivity contribution in [1.29, 1.82) is 0 Å². The average Bonchev–Trinajstić information content (AvgIpc) is 3.50. The second kappa shape index (κ2) is 6.97. The molecule has 4 heterocycles. The summed E-state index contributed by atoms with van der Waals surface area (Å²) in [6, 6.07) is 12.5. The van der Waals surface area contributed by atoms with Crippen molar-refractivity contribution in [1.82, 2.24) is 29.7 Å². The van der Waals surface area contributed by atoms with Gasteiger partial charge in [0.2, 0.25) is 5.89 Å². The fraction of sp³-hybridized carbons (Fsp3) is 0.292. The van der Waals surface area contributed by atoms with Gasteiger partial charge in [0.05, 0.1) is 5.39 Å². The molecule has 7 nitrogen and oxygen atoms in total. The molecule has 1 aliphatic carbocycles. The maximum Gasteiger partial charge on any atom is 0.226 e. The molecule has 7 heteroatoms. The summed E-state index contributed by atoms with van der Waals surface area (Å²) in [5, 5.41) is 9.90. The Morgan fingerprint density at radius 3 is 2.61 bits per heavy atom. The van der Waals surface area contributed by atoms with Gasteiger partial charge in [-0.05, 0) is 61.9 Å². The zero-order valence-electron chi connectivity index (χ0n) is 17.5. The second-order valence-corrected chi connectivity index (χ2v) is 8.29. The standard InChI is InChI=1S/C24H22N6O/c1-14-19(15(2)30-24(26-14)20-8-5-11-25-23(20)28-30)9-10-21-27-22(29-31-21)18-12-16-6-3-4-7-17(16)13-18/h3-8,11,18H,9-10,12-13H2,1-2H3. The molecule has 0 saturated carbocycles. The van der Waals surface area contributed by atoms with E-state index in [4.69, 9.17) is 14.5 Å². The molecule has 0 N–H and O–H groups in total. The SMILES string of the molecule is Cc1nc2c3cccnc3nn2c(C)c1CCc1nc(C2Cc3ccccc3C2)no1. The Bertz CT molecular complexity index is 1410. The molecule has 31 heavy (non-hydrogen) atoms. The fourth-order valence-electron chi connectivity index (χ4n) is 4.74. The molecular weight excluding hydrogens is 388 g/mol. The quantitative estimate of drug-likeness (QED) is 0.446. The molecule has 0 unspecified atom stereocenters. The van der Waals surface area contributed by atoms with Crippen molar-refractivity contribution in [2.24, 2.45) is 0 Å². The van der Waals surface area contributed by atoms with Gasteiger partial charge in [-0.1, -0.05) is 29.4 Å². The molecule has 0 spiro atoms. The highest BCUT2D eigenvalue weighted by molar-refractivity contribution is 5.89. The van der Waals surface area contributed by atoms with Gasteiger partial charge in [-0.2, -0.15) is 4.98 Å². The Labute approximate surface area is 179 Å². The third-order valence-corrected chi connectivity index (χ3v) is 6.38. The summed E-state index contributed by atoms with van der Waals surface area (Å²) in [7, 11) is 0. The van der Waals surface area contributed by atoms with E-state index in [9.17, 15) is 0 Å². The van der Waals surface area contributed by atoms with Gasteiger partial charge < -0.3 is 4.52 Å². The number of fused-ring (bicyclic) bond motifs is 4. The lowest BCUT2D eigenvalue weighted by atomic mass is 10.1. The van der Waals surface area contributed by atoms with Crippen molar-refractivity contribution in [3.05, 3.63) is 82.4 Å². The fourth-order valence-corrected chi connectivity index (χ4v) is 4.74. The topological polar surface area (TPSA) is 82.0 Å². The molecule has 0 fully saturated rings. The largest absolute Gasteiger partial charge is 0.339 e. The first-order valence-electron chi connectivity index (χ1n) is 10.7. The van der Waals surface area contributed by atoms with Gasteiger partial charge in [0.1, 0.15) is 0 Å². The number of rotatable bonds is 4. The minimum Gasteiger partial charge on any atom is -0.339 e. The highest BCUT2D eigenvalue weighted by Crippen LogP contribution is 2.32. The van der Waals surface area contributed by atoms with Gasteiger partial charge in [-0.15, -0.1) is 5.10 Å². The van der Waals surface area contributed by atoms with E-state index in [1.807, 2.05) is 23.6 Å². The summed E-state index contributed by atoms with van der Waals surface area (Å²) in [4.78, 5) is 13.9. The first-order chi connectivity index (χ1) is 15.2. The van der Waals surface area contributed by atoms with E-state index in [1.54, 1.807) is 6.20 Å². The molecule has 5 aromatic rings. The van der Waals surface area contributed by atoms with Crippen LogP contribution in [0.15, 0.2) is 47.1 Å². The molecule has 154 valence electrons. The third kappa shape index (κ3) is 3.00. The minimum absolute atomic E-state index is 0.306. The molecule has 0 radical (unpaired) electrons. The van der Waals surface area contributed by atoms with Crippen LogP contribution >= 0.6 is 0 Å². The van der Waals surface area contributed by atoms with Crippen LogP contribution in [-0.2, 0) is 25.7 Å². The van der Waals surface area contributed by atoms with Crippen molar-refractivity contribution < 1.29 is 4.52 Å². The van der Waals surface area contributed by atoms with Gasteiger partial charge in [0, 0.05) is 29.9 Å². The molecule has 0 atom stereocenters. The Hall–Kier alpha value is -3.61. The van der Waals surface area contributed by atoms with E-state index in [2.05, 4.69) is 46.4 Å². The summed E-state index contributed by atoms with van der Waals surface area (Å²) < 4.78 is 7.50. The Balaban J connectivity index is 1.24. The lowest BCUT2D eigenvalue weighted by Gasteiger charge is -2.10. The van der Waals surface area contributed by atoms with Crippen LogP contribution in [-0.4, -0.2) is 29.7 Å². The van der Waals surface area contributed by atoms with E-state index in [-0.39, 0.29) is 0 Å². The number of nitrogens with zero attached hydrogens (tertiary/aromatic N) is 6. The number of aryl methyl sites for hydroxylation is 3. The summed E-state index contributed by atoms with van der Waals surface area (Å²) in [6.07, 6.45) is 5.18. The molecule has 0 aliphatic heterocycles. The van der Waals surface area contributed by atoms with Gasteiger partial charge in [0.25, 0.3) is 0 Å². The van der Waals surface area contributed by atoms with Crippen molar-refractivity contribution >= 4 is 16.7 Å². The van der Waals surface area contributed by atoms with E-state index in [1.165, 1.54) is 11.1 Å². The molecule has 0 bridgehead atoms. The number of hydrogen-bond donors (Lipinski definition) is 0. The van der Waals surface area contributed by atoms with Crippen LogP contribution in [0.3, 0.4) is 0 Å². The summed E-state index contributed by atoms with van der Waals surface area (Å²) in [5.74, 6) is 1.80. The van der Waals surface area contributed by atoms with E-state index in [0.29, 0.717) is 23.9 Å². The highest BCUT2D eigenvalue weighted by Gasteiger charge is 2.26. The van der Waals surface area contributed by atoms with Crippen LogP contribution in [0.2, 0.25) is 0 Å². The van der Waals surface area contributed by atoms with Gasteiger partial charge in [-0.25, -0.2) is 14.5 Å². The third-order valence-electron chi connectivity index (χ3n) is 6.38. The van der Waals surface area contributed by atoms with Crippen molar-refractivity contribution in [3.63, 3.8) is 0 Å². The van der Waals surface area contributed by atoms with Crippen LogP contribution in [0.5, 0.6) is 0 Å². The van der Waals surface area contributed by atoms with Gasteiger partial charge in [0.15, 0.2) is 17.1 Å². The number of hydrogen-bond acceptors (Lipinski definition) is 6. The summed E-state index contributed by atoms with van der Waals surface area (Å²) in [5.41, 5.74) is 7.59. The normalized spacial score (nSPS) is 14.0. The Morgan fingerprint density at radius 1 is 1.00 bits per heavy atom. The number of benzene rings is 1. The summed E-state index contributed by atoms with van der Waals surface area (Å²) in [6.45, 7) is 4.13. The first-order valence-corrected chi connectivity index (χ1v) is 10.7. The summed E-state index contributed by atoms with van der Waals surface area (Å²) >= 11 is 0. The first kappa shape index (κ1) is 18.2. The van der Waals surface area contributed by atoms with Crippen molar-refractivity contribution in [2.75, 3.05) is 0 Å².